The fourth-order valence-electron chi connectivity index (χ4n) is 1.07. The summed E-state index contributed by atoms with van der Waals surface area (Å²) in [5.41, 5.74) is 6.39. The Morgan fingerprint density at radius 2 is 2.20 bits per heavy atom. The number of aliphatic hydroxyl groups excluding tert-OH is 1. The van der Waals surface area contributed by atoms with Crippen LogP contribution in [0.5, 0.6) is 0 Å². The van der Waals surface area contributed by atoms with E-state index in [1.54, 1.807) is 6.20 Å². The lowest BCUT2D eigenvalue weighted by atomic mass is 10.1. The lowest BCUT2D eigenvalue weighted by molar-refractivity contribution is 0.138. The molecule has 0 fully saturated rings. The van der Waals surface area contributed by atoms with Gasteiger partial charge in [-0.2, -0.15) is 4.98 Å². The van der Waals surface area contributed by atoms with Crippen LogP contribution in [-0.2, 0) is 0 Å². The van der Waals surface area contributed by atoms with E-state index >= 15 is 0 Å². The lowest BCUT2D eigenvalue weighted by Gasteiger charge is -2.16. The van der Waals surface area contributed by atoms with Gasteiger partial charge in [-0.3, -0.25) is 0 Å². The van der Waals surface area contributed by atoms with Gasteiger partial charge in [-0.1, -0.05) is 13.8 Å². The van der Waals surface area contributed by atoms with Gasteiger partial charge in [-0.25, -0.2) is 4.98 Å². The molecule has 0 radical (unpaired) electrons. The number of aryl methyl sites for hydroxylation is 1. The summed E-state index contributed by atoms with van der Waals surface area (Å²) in [4.78, 5) is 7.91. The SMILES string of the molecule is Cc1cnc(N)nc1NCC(O)C(C)C. The molecule has 0 aliphatic heterocycles. The molecule has 5 heteroatoms. The molecule has 0 bridgehead atoms. The van der Waals surface area contributed by atoms with Crippen LogP contribution >= 0.6 is 0 Å². The molecule has 1 aromatic heterocycles. The second-order valence-corrected chi connectivity index (χ2v) is 3.95. The Morgan fingerprint density at radius 1 is 1.53 bits per heavy atom. The second kappa shape index (κ2) is 4.93. The van der Waals surface area contributed by atoms with Gasteiger partial charge in [0.1, 0.15) is 5.82 Å². The molecule has 1 aromatic rings. The summed E-state index contributed by atoms with van der Waals surface area (Å²) >= 11 is 0. The van der Waals surface area contributed by atoms with Crippen LogP contribution in [-0.4, -0.2) is 27.7 Å². The first-order valence-electron chi connectivity index (χ1n) is 5.01. The van der Waals surface area contributed by atoms with Gasteiger partial charge in [0.05, 0.1) is 6.10 Å². The van der Waals surface area contributed by atoms with E-state index in [9.17, 15) is 5.11 Å². The van der Waals surface area contributed by atoms with Crippen molar-refractivity contribution in [3.05, 3.63) is 11.8 Å². The lowest BCUT2D eigenvalue weighted by Crippen LogP contribution is -2.25. The Hall–Kier alpha value is -1.36. The van der Waals surface area contributed by atoms with E-state index in [-0.39, 0.29) is 18.0 Å². The molecule has 5 nitrogen and oxygen atoms in total. The summed E-state index contributed by atoms with van der Waals surface area (Å²) in [6.07, 6.45) is 1.27. The summed E-state index contributed by atoms with van der Waals surface area (Å²) in [6.45, 7) is 6.29. The number of hydrogen-bond acceptors (Lipinski definition) is 5. The molecule has 1 rings (SSSR count). The molecule has 1 atom stereocenters. The predicted molar refractivity (Wildman–Crippen MR) is 60.5 cm³/mol. The highest BCUT2D eigenvalue weighted by atomic mass is 16.3. The van der Waals surface area contributed by atoms with Gasteiger partial charge >= 0.3 is 0 Å². The van der Waals surface area contributed by atoms with Crippen LogP contribution in [0.15, 0.2) is 6.20 Å². The van der Waals surface area contributed by atoms with Crippen molar-refractivity contribution in [2.24, 2.45) is 5.92 Å². The number of rotatable bonds is 4. The maximum Gasteiger partial charge on any atom is 0.221 e. The first-order valence-corrected chi connectivity index (χ1v) is 5.01. The van der Waals surface area contributed by atoms with E-state index < -0.39 is 0 Å². The molecule has 0 spiro atoms. The molecule has 0 saturated heterocycles. The Bertz CT molecular complexity index is 327. The van der Waals surface area contributed by atoms with Gasteiger partial charge in [0, 0.05) is 18.3 Å². The third kappa shape index (κ3) is 3.36. The van der Waals surface area contributed by atoms with Gasteiger partial charge in [0.15, 0.2) is 0 Å². The zero-order chi connectivity index (χ0) is 11.4. The van der Waals surface area contributed by atoms with Crippen LogP contribution in [0, 0.1) is 12.8 Å². The minimum atomic E-state index is -0.388. The first-order chi connectivity index (χ1) is 7.00. The molecule has 0 aromatic carbocycles. The van der Waals surface area contributed by atoms with E-state index in [1.807, 2.05) is 20.8 Å². The third-order valence-electron chi connectivity index (χ3n) is 2.24. The highest BCUT2D eigenvalue weighted by molar-refractivity contribution is 5.45. The molecule has 15 heavy (non-hydrogen) atoms. The maximum atomic E-state index is 9.61. The number of hydrogen-bond donors (Lipinski definition) is 3. The first kappa shape index (κ1) is 11.7. The van der Waals surface area contributed by atoms with E-state index in [0.717, 1.165) is 5.56 Å². The average molecular weight is 210 g/mol. The van der Waals surface area contributed by atoms with Crippen LogP contribution in [0.3, 0.4) is 0 Å². The smallest absolute Gasteiger partial charge is 0.221 e. The van der Waals surface area contributed by atoms with Gasteiger partial charge in [0.25, 0.3) is 0 Å². The largest absolute Gasteiger partial charge is 0.391 e. The molecule has 4 N–H and O–H groups in total. The Kier molecular flexibility index (Phi) is 3.85. The Labute approximate surface area is 89.7 Å². The normalized spacial score (nSPS) is 12.9. The molecule has 84 valence electrons. The predicted octanol–water partition coefficient (Wildman–Crippen LogP) is 0.796. The van der Waals surface area contributed by atoms with Crippen molar-refractivity contribution in [2.45, 2.75) is 26.9 Å². The van der Waals surface area contributed by atoms with Crippen molar-refractivity contribution in [2.75, 3.05) is 17.6 Å². The summed E-state index contributed by atoms with van der Waals surface area (Å²) in [5, 5.41) is 12.7. The zero-order valence-corrected chi connectivity index (χ0v) is 9.36. The van der Waals surface area contributed by atoms with E-state index in [1.165, 1.54) is 0 Å². The van der Waals surface area contributed by atoms with Crippen LogP contribution in [0.25, 0.3) is 0 Å². The quantitative estimate of drug-likeness (QED) is 0.684. The second-order valence-electron chi connectivity index (χ2n) is 3.95. The van der Waals surface area contributed by atoms with Crippen molar-refractivity contribution < 1.29 is 5.11 Å². The third-order valence-corrected chi connectivity index (χ3v) is 2.24. The number of anilines is 2. The van der Waals surface area contributed by atoms with Gasteiger partial charge < -0.3 is 16.2 Å². The van der Waals surface area contributed by atoms with Crippen LogP contribution in [0.4, 0.5) is 11.8 Å². The Balaban J connectivity index is 2.61. The van der Waals surface area contributed by atoms with Crippen LogP contribution < -0.4 is 11.1 Å². The van der Waals surface area contributed by atoms with Crippen molar-refractivity contribution in [1.29, 1.82) is 0 Å². The number of aromatic nitrogens is 2. The van der Waals surface area contributed by atoms with Crippen molar-refractivity contribution in [3.63, 3.8) is 0 Å². The fourth-order valence-corrected chi connectivity index (χ4v) is 1.07. The van der Waals surface area contributed by atoms with E-state index in [4.69, 9.17) is 5.73 Å². The monoisotopic (exact) mass is 210 g/mol. The van der Waals surface area contributed by atoms with Crippen LogP contribution in [0.2, 0.25) is 0 Å². The van der Waals surface area contributed by atoms with Crippen LogP contribution in [0.1, 0.15) is 19.4 Å². The fraction of sp³-hybridized carbons (Fsp3) is 0.600. The van der Waals surface area contributed by atoms with E-state index in [0.29, 0.717) is 12.4 Å². The van der Waals surface area contributed by atoms with Crippen molar-refractivity contribution in [3.8, 4) is 0 Å². The molecule has 1 unspecified atom stereocenters. The van der Waals surface area contributed by atoms with E-state index in [2.05, 4.69) is 15.3 Å². The highest BCUT2D eigenvalue weighted by Gasteiger charge is 2.09. The summed E-state index contributed by atoms with van der Waals surface area (Å²) in [6, 6.07) is 0. The highest BCUT2D eigenvalue weighted by Crippen LogP contribution is 2.11. The molecular formula is C10H18N4O. The minimum Gasteiger partial charge on any atom is -0.391 e. The molecule has 0 aliphatic rings. The minimum absolute atomic E-state index is 0.219. The standard InChI is InChI=1S/C10H18N4O/c1-6(2)8(15)5-12-9-7(3)4-13-10(11)14-9/h4,6,8,15H,5H2,1-3H3,(H3,11,12,13,14). The molecule has 0 aliphatic carbocycles. The summed E-state index contributed by atoms with van der Waals surface area (Å²) in [7, 11) is 0. The zero-order valence-electron chi connectivity index (χ0n) is 9.36. The number of nitrogens with two attached hydrogens (primary N) is 1. The molecule has 0 amide bonds. The summed E-state index contributed by atoms with van der Waals surface area (Å²) in [5.74, 6) is 1.14. The molecular weight excluding hydrogens is 192 g/mol. The Morgan fingerprint density at radius 3 is 2.80 bits per heavy atom. The summed E-state index contributed by atoms with van der Waals surface area (Å²) < 4.78 is 0. The average Bonchev–Trinajstić information content (AvgIpc) is 2.18. The number of nitrogens with zero attached hydrogens (tertiary/aromatic N) is 2. The number of nitrogen functional groups attached to an aromatic ring is 1. The number of nitrogens with one attached hydrogen (secondary N) is 1. The molecule has 1 heterocycles. The molecule has 0 saturated carbocycles. The number of aliphatic hydroxyl groups is 1. The van der Waals surface area contributed by atoms with Gasteiger partial charge in [-0.15, -0.1) is 0 Å². The van der Waals surface area contributed by atoms with Gasteiger partial charge in [-0.05, 0) is 12.8 Å². The maximum absolute atomic E-state index is 9.61. The van der Waals surface area contributed by atoms with Crippen molar-refractivity contribution >= 4 is 11.8 Å². The van der Waals surface area contributed by atoms with Crippen molar-refractivity contribution in [1.82, 2.24) is 9.97 Å². The topological polar surface area (TPSA) is 84.1 Å². The van der Waals surface area contributed by atoms with Gasteiger partial charge in [0.2, 0.25) is 5.95 Å².